The summed E-state index contributed by atoms with van der Waals surface area (Å²) in [6.07, 6.45) is -23.0. The van der Waals surface area contributed by atoms with Gasteiger partial charge in [-0.25, -0.2) is 26.4 Å². The first-order valence-electron chi connectivity index (χ1n) is 23.6. The van der Waals surface area contributed by atoms with Crippen LogP contribution in [0.4, 0.5) is 48.3 Å². The zero-order valence-corrected chi connectivity index (χ0v) is 60.2. The molecule has 0 heterocycles. The van der Waals surface area contributed by atoms with E-state index in [1.807, 2.05) is 96.4 Å². The molecule has 0 aliphatic rings. The van der Waals surface area contributed by atoms with E-state index in [0.29, 0.717) is 9.13 Å². The Hall–Kier alpha value is -1.60. The van der Waals surface area contributed by atoms with E-state index >= 15 is 0 Å². The number of carboxylic acid groups (broad SMARTS) is 1. The number of quaternary nitrogens is 2. The quantitative estimate of drug-likeness (QED) is 0.0106. The maximum Gasteiger partial charge on any atom is 0.432 e. The minimum atomic E-state index is -6.76. The van der Waals surface area contributed by atoms with Crippen molar-refractivity contribution in [2.45, 2.75) is 73.8 Å². The van der Waals surface area contributed by atoms with E-state index in [1.165, 1.54) is 17.2 Å². The van der Waals surface area contributed by atoms with Crippen LogP contribution >= 0.6 is 147 Å². The van der Waals surface area contributed by atoms with Crippen LogP contribution in [0.25, 0.3) is 0 Å². The second kappa shape index (κ2) is 38.3. The summed E-state index contributed by atoms with van der Waals surface area (Å²) >= 11 is 17.3. The Morgan fingerprint density at radius 2 is 0.918 bits per heavy atom. The third-order valence-corrected chi connectivity index (χ3v) is 18.4. The van der Waals surface area contributed by atoms with E-state index in [-0.39, 0.29) is 17.9 Å². The van der Waals surface area contributed by atoms with E-state index in [4.69, 9.17) is 22.8 Å². The molecule has 0 aromatic heterocycles. The highest BCUT2D eigenvalue weighted by atomic mass is 127. The molecule has 2 atom stereocenters. The third-order valence-electron chi connectivity index (χ3n) is 9.08. The summed E-state index contributed by atoms with van der Waals surface area (Å²) in [6, 6.07) is 28.1. The zero-order valence-electron chi connectivity index (χ0n) is 45.9. The number of alkyl halides is 12. The third kappa shape index (κ3) is 33.9. The van der Waals surface area contributed by atoms with Crippen LogP contribution in [0, 0.1) is 21.4 Å². The Morgan fingerprint density at radius 1 is 0.600 bits per heavy atom. The number of hydrogen-bond donors (Lipinski definition) is 1. The molecule has 85 heavy (non-hydrogen) atoms. The van der Waals surface area contributed by atoms with Crippen LogP contribution in [-0.2, 0) is 57.1 Å². The van der Waals surface area contributed by atoms with Gasteiger partial charge in [-0.1, -0.05) is 60.7 Å². The zero-order chi connectivity index (χ0) is 67.6. The predicted molar refractivity (Wildman–Crippen MR) is 340 cm³/mol. The molecule has 0 saturated heterocycles. The summed E-state index contributed by atoms with van der Waals surface area (Å²) in [5.74, 6) is -5.39. The number of carbonyl (C=O) groups is 4. The molecule has 36 heteroatoms. The van der Waals surface area contributed by atoms with Crippen molar-refractivity contribution in [3.05, 3.63) is 129 Å². The molecule has 2 unspecified atom stereocenters. The summed E-state index contributed by atoms with van der Waals surface area (Å²) in [5, 5.41) is -2.93. The Labute approximate surface area is 572 Å². The fraction of sp³-hybridized carbons (Fsp3) is 0.429. The van der Waals surface area contributed by atoms with Crippen molar-refractivity contribution in [3.63, 3.8) is 0 Å². The topological polar surface area (TPSA) is 231 Å². The Kier molecular flexibility index (Phi) is 37.6. The lowest BCUT2D eigenvalue weighted by Crippen LogP contribution is -2.52. The monoisotopic (exact) mass is 1960 g/mol. The van der Waals surface area contributed by atoms with Gasteiger partial charge in [0.05, 0.1) is 68.5 Å². The number of carbonyl (C=O) groups excluding carboxylic acids is 3. The van der Waals surface area contributed by atoms with Gasteiger partial charge in [0.25, 0.3) is 12.2 Å². The molecular weight excluding hydrogens is 1910 g/mol. The number of hydrogen-bond acceptors (Lipinski definition) is 13. The maximum absolute atomic E-state index is 13.3. The predicted octanol–water partition coefficient (Wildman–Crippen LogP) is 13.2. The number of nitrogens with zero attached hydrogens (tertiary/aromatic N) is 2. The van der Waals surface area contributed by atoms with Crippen molar-refractivity contribution in [2.75, 3.05) is 61.9 Å². The van der Waals surface area contributed by atoms with Gasteiger partial charge in [0.2, 0.25) is 0 Å². The highest BCUT2D eigenvalue weighted by Crippen LogP contribution is 2.39. The molecule has 0 fully saturated rings. The van der Waals surface area contributed by atoms with Crippen LogP contribution < -0.4 is 0 Å². The van der Waals surface area contributed by atoms with Gasteiger partial charge in [0.1, 0.15) is 13.1 Å². The summed E-state index contributed by atoms with van der Waals surface area (Å²) in [6.45, 7) is 1.74. The van der Waals surface area contributed by atoms with E-state index in [0.717, 1.165) is 39.9 Å². The lowest BCUT2D eigenvalue weighted by Gasteiger charge is -2.29. The summed E-state index contributed by atoms with van der Waals surface area (Å²) in [7, 11) is -1.21. The minimum Gasteiger partial charge on any atom is -0.743 e. The second-order valence-electron chi connectivity index (χ2n) is 18.6. The lowest BCUT2D eigenvalue weighted by atomic mass is 10.2. The number of esters is 3. The molecule has 0 aliphatic carbocycles. The summed E-state index contributed by atoms with van der Waals surface area (Å²) in [5.41, 5.74) is 3.40. The molecule has 0 aliphatic heterocycles. The fourth-order valence-electron chi connectivity index (χ4n) is 5.64. The molecule has 482 valence electrons. The van der Waals surface area contributed by atoms with Crippen LogP contribution in [0.1, 0.15) is 58.9 Å². The number of benzene rings is 4. The highest BCUT2D eigenvalue weighted by molar-refractivity contribution is 14.1. The van der Waals surface area contributed by atoms with Gasteiger partial charge in [-0.2, -0.15) is 43.9 Å². The van der Waals surface area contributed by atoms with Crippen LogP contribution in [0.15, 0.2) is 84.9 Å². The number of rotatable bonds is 19. The van der Waals surface area contributed by atoms with Gasteiger partial charge in [0, 0.05) is 51.3 Å². The number of carboxylic acids is 1. The van der Waals surface area contributed by atoms with Crippen LogP contribution in [0.3, 0.4) is 0 Å². The van der Waals surface area contributed by atoms with Crippen molar-refractivity contribution in [2.24, 2.45) is 0 Å². The average molecular weight is 1970 g/mol. The van der Waals surface area contributed by atoms with Crippen molar-refractivity contribution in [1.29, 1.82) is 0 Å². The summed E-state index contributed by atoms with van der Waals surface area (Å²) in [4.78, 5) is 45.0. The first-order valence-corrected chi connectivity index (χ1v) is 32.7. The molecule has 16 nitrogen and oxygen atoms in total. The van der Waals surface area contributed by atoms with E-state index in [9.17, 15) is 93.4 Å². The van der Waals surface area contributed by atoms with Crippen LogP contribution in [-0.4, -0.2) is 161 Å². The molecule has 0 saturated carbocycles. The van der Waals surface area contributed by atoms with Crippen LogP contribution in [0.2, 0.25) is 0 Å². The number of aromatic carboxylic acids is 1. The lowest BCUT2D eigenvalue weighted by molar-refractivity contribution is -0.884. The van der Waals surface area contributed by atoms with Gasteiger partial charge in [-0.05, 0) is 173 Å². The molecule has 0 spiro atoms. The smallest absolute Gasteiger partial charge is 0.432 e. The molecule has 4 aromatic carbocycles. The molecular formula is C49H54ClF11I6N2O14S2. The molecule has 4 aromatic rings. The molecule has 4 rings (SSSR count). The first kappa shape index (κ1) is 83.4. The van der Waals surface area contributed by atoms with Crippen molar-refractivity contribution in [3.8, 4) is 0 Å². The molecule has 0 bridgehead atoms. The van der Waals surface area contributed by atoms with E-state index in [1.54, 1.807) is 12.1 Å². The normalized spacial score (nSPS) is 12.8. The Morgan fingerprint density at radius 3 is 1.21 bits per heavy atom. The van der Waals surface area contributed by atoms with Crippen molar-refractivity contribution < 1.29 is 123 Å². The molecule has 0 amide bonds. The number of ether oxygens (including phenoxy) is 3. The van der Waals surface area contributed by atoms with Gasteiger partial charge >= 0.3 is 46.7 Å². The largest absolute Gasteiger partial charge is 0.743 e. The Balaban J connectivity index is 0. The highest BCUT2D eigenvalue weighted by Gasteiger charge is 2.64. The Bertz CT molecular complexity index is 2980. The van der Waals surface area contributed by atoms with E-state index < -0.39 is 112 Å². The SMILES string of the molecule is C[N+](C)(C)Cc1ccccc1.C[N+](C)(C)Cc1ccccc1.O=C(CCCCl)OC(C(F)(F)F)C(F)(F)S(=O)(=O)[O-].O=C(CCCOC(=O)c1cc(I)cc(I)c1I)OC(C(F)(F)F)C(F)(F)S(=O)(=O)[O-].O=C(O)c1cc(I)cc(I)c1I.[2H]CF. The average Bonchev–Trinajstić information content (AvgIpc) is 1.13. The standard InChI is InChI=1S/C14H10F5I3O7S.2C10H16N.C7H8ClF5O5S.C7H3I3O2.CH3F/c15-13(16,17)12(14(18,19)30(25,26)27)29-9(23)2-1-3-28-11(24)7-4-6(20)5-8(21)10(7)22;2*1-11(2,3)9-10-7-5-4-6-8-10;8-3-1-2-4(14)18-5(6(9,10)11)7(12,13)19(15,16)17;8-3-1-4(7(11)12)6(10)5(9)2-3;1-2/h4-5,12H,1-3H2,(H,25,26,27);2*4-8H,9H2,1-3H3;5H,1-3H2,(H,15,16,17);1-2H,(H,11,12);1H3/q;2*+1;;;/p-2/i;;;;;1D. The molecule has 0 radical (unpaired) electrons. The van der Waals surface area contributed by atoms with Gasteiger partial charge < -0.3 is 37.4 Å². The summed E-state index contributed by atoms with van der Waals surface area (Å²) < 4.78 is 223. The van der Waals surface area contributed by atoms with Gasteiger partial charge in [0.15, 0.2) is 20.2 Å². The molecule has 1 N–H and O–H groups in total. The maximum atomic E-state index is 13.3. The fourth-order valence-corrected chi connectivity index (χ4v) is 11.4. The van der Waals surface area contributed by atoms with E-state index in [2.05, 4.69) is 158 Å². The minimum absolute atomic E-state index is 0.151. The van der Waals surface area contributed by atoms with Gasteiger partial charge in [-0.15, -0.1) is 11.6 Å². The van der Waals surface area contributed by atoms with Gasteiger partial charge in [-0.3, -0.25) is 14.0 Å². The van der Waals surface area contributed by atoms with Crippen molar-refractivity contribution in [1.82, 2.24) is 0 Å². The van der Waals surface area contributed by atoms with Crippen LogP contribution in [0.5, 0.6) is 0 Å². The van der Waals surface area contributed by atoms with Crippen molar-refractivity contribution >= 4 is 191 Å². The second-order valence-corrected chi connectivity index (χ2v) is 28.8. The number of halogens is 18. The first-order chi connectivity index (χ1) is 38.9.